The van der Waals surface area contributed by atoms with Crippen molar-refractivity contribution in [3.8, 4) is 73.2 Å². The molecule has 0 aliphatic carbocycles. The van der Waals surface area contributed by atoms with Crippen LogP contribution < -0.4 is 0 Å². The van der Waals surface area contributed by atoms with E-state index in [9.17, 15) is 0 Å². The Morgan fingerprint density at radius 1 is 0.291 bits per heavy atom. The van der Waals surface area contributed by atoms with Crippen molar-refractivity contribution in [2.24, 2.45) is 0 Å². The van der Waals surface area contributed by atoms with Crippen LogP contribution in [0.1, 0.15) is 0 Å². The summed E-state index contributed by atoms with van der Waals surface area (Å²) in [7, 11) is 0. The van der Waals surface area contributed by atoms with Crippen LogP contribution in [-0.2, 0) is 0 Å². The van der Waals surface area contributed by atoms with Gasteiger partial charge in [0.15, 0.2) is 11.6 Å². The number of nitrogens with zero attached hydrogens (tertiary/aromatic N) is 4. The largest absolute Gasteiger partial charge is 0.277 e. The van der Waals surface area contributed by atoms with Crippen LogP contribution in [0.2, 0.25) is 0 Å². The zero-order valence-corrected chi connectivity index (χ0v) is 29.9. The molecule has 0 saturated carbocycles. The van der Waals surface area contributed by atoms with Crippen molar-refractivity contribution >= 4 is 21.8 Å². The molecule has 0 aliphatic heterocycles. The maximum Gasteiger partial charge on any atom is 0.238 e. The molecule has 55 heavy (non-hydrogen) atoms. The van der Waals surface area contributed by atoms with Gasteiger partial charge in [-0.3, -0.25) is 4.57 Å². The SMILES string of the molecule is c1ccc(-c2ccc(-c3cccc(-c4cccc5c6ccccc6n(-c6nc(-c7ccccc7)nc(-c7ccc(-c8ccccc8)cc7)n6)c45)c3)cc2)cc1. The molecule has 0 fully saturated rings. The summed E-state index contributed by atoms with van der Waals surface area (Å²) in [5, 5.41) is 2.28. The zero-order valence-electron chi connectivity index (χ0n) is 29.9. The minimum absolute atomic E-state index is 0.572. The van der Waals surface area contributed by atoms with Gasteiger partial charge in [0.1, 0.15) is 0 Å². The van der Waals surface area contributed by atoms with Crippen LogP contribution in [0.25, 0.3) is 95.0 Å². The quantitative estimate of drug-likeness (QED) is 0.166. The summed E-state index contributed by atoms with van der Waals surface area (Å²) in [6.45, 7) is 0. The molecular weight excluding hydrogens is 669 g/mol. The number of fused-ring (bicyclic) bond motifs is 3. The van der Waals surface area contributed by atoms with Crippen LogP contribution in [0, 0.1) is 0 Å². The molecule has 10 rings (SSSR count). The standard InChI is InChI=1S/C51H34N4/c1-4-14-35(15-5-1)37-26-28-39(29-27-37)42-20-12-21-43(34-42)44-23-13-24-46-45-22-10-11-25-47(45)55(48(44)46)51-53-49(40-18-8-3-9-19-40)52-50(54-51)41-32-30-38(31-33-41)36-16-6-2-7-17-36/h1-34H. The summed E-state index contributed by atoms with van der Waals surface area (Å²) in [5.74, 6) is 1.81. The van der Waals surface area contributed by atoms with Crippen molar-refractivity contribution in [2.45, 2.75) is 0 Å². The number of benzene rings is 8. The first-order valence-electron chi connectivity index (χ1n) is 18.5. The van der Waals surface area contributed by atoms with Gasteiger partial charge in [-0.15, -0.1) is 0 Å². The van der Waals surface area contributed by atoms with E-state index in [1.165, 1.54) is 22.3 Å². The Labute approximate surface area is 319 Å². The minimum Gasteiger partial charge on any atom is -0.277 e. The Bertz CT molecular complexity index is 2930. The van der Waals surface area contributed by atoms with Gasteiger partial charge in [0, 0.05) is 27.5 Å². The maximum absolute atomic E-state index is 5.25. The van der Waals surface area contributed by atoms with E-state index in [4.69, 9.17) is 15.0 Å². The van der Waals surface area contributed by atoms with Crippen LogP contribution in [0.3, 0.4) is 0 Å². The second-order valence-corrected chi connectivity index (χ2v) is 13.7. The van der Waals surface area contributed by atoms with Crippen molar-refractivity contribution in [1.82, 2.24) is 19.5 Å². The molecule has 0 N–H and O–H groups in total. The number of hydrogen-bond donors (Lipinski definition) is 0. The van der Waals surface area contributed by atoms with Gasteiger partial charge in [-0.2, -0.15) is 9.97 Å². The van der Waals surface area contributed by atoms with Crippen molar-refractivity contribution < 1.29 is 0 Å². The summed E-state index contributed by atoms with van der Waals surface area (Å²) in [4.78, 5) is 15.5. The molecule has 2 aromatic heterocycles. The van der Waals surface area contributed by atoms with E-state index in [-0.39, 0.29) is 0 Å². The summed E-state index contributed by atoms with van der Waals surface area (Å²) >= 11 is 0. The van der Waals surface area contributed by atoms with Gasteiger partial charge in [0.2, 0.25) is 5.95 Å². The number of rotatable bonds is 7. The highest BCUT2D eigenvalue weighted by Gasteiger charge is 2.20. The third-order valence-electron chi connectivity index (χ3n) is 10.3. The topological polar surface area (TPSA) is 43.6 Å². The fraction of sp³-hybridized carbons (Fsp3) is 0. The molecule has 0 atom stereocenters. The minimum atomic E-state index is 0.572. The number of para-hydroxylation sites is 2. The van der Waals surface area contributed by atoms with Crippen LogP contribution in [0.4, 0.5) is 0 Å². The second kappa shape index (κ2) is 13.8. The smallest absolute Gasteiger partial charge is 0.238 e. The van der Waals surface area contributed by atoms with Crippen LogP contribution in [-0.4, -0.2) is 19.5 Å². The first kappa shape index (κ1) is 32.2. The van der Waals surface area contributed by atoms with Gasteiger partial charge < -0.3 is 0 Å². The number of hydrogen-bond acceptors (Lipinski definition) is 3. The molecule has 0 saturated heterocycles. The summed E-state index contributed by atoms with van der Waals surface area (Å²) in [6.07, 6.45) is 0. The van der Waals surface area contributed by atoms with Crippen molar-refractivity contribution in [3.63, 3.8) is 0 Å². The lowest BCUT2D eigenvalue weighted by Crippen LogP contribution is -2.07. The van der Waals surface area contributed by atoms with Crippen LogP contribution in [0.15, 0.2) is 206 Å². The first-order valence-corrected chi connectivity index (χ1v) is 18.5. The van der Waals surface area contributed by atoms with E-state index in [0.29, 0.717) is 17.6 Å². The Morgan fingerprint density at radius 2 is 0.709 bits per heavy atom. The fourth-order valence-corrected chi connectivity index (χ4v) is 7.56. The average Bonchev–Trinajstić information content (AvgIpc) is 3.62. The molecule has 0 radical (unpaired) electrons. The summed E-state index contributed by atoms with van der Waals surface area (Å²) < 4.78 is 2.22. The molecular formula is C51H34N4. The summed E-state index contributed by atoms with van der Waals surface area (Å²) in [5.41, 5.74) is 13.2. The van der Waals surface area contributed by atoms with Gasteiger partial charge in [-0.1, -0.05) is 194 Å². The lowest BCUT2D eigenvalue weighted by Gasteiger charge is -2.14. The fourth-order valence-electron chi connectivity index (χ4n) is 7.56. The predicted octanol–water partition coefficient (Wildman–Crippen LogP) is 13.0. The van der Waals surface area contributed by atoms with Gasteiger partial charge in [-0.05, 0) is 51.1 Å². The van der Waals surface area contributed by atoms with E-state index in [1.807, 2.05) is 24.3 Å². The van der Waals surface area contributed by atoms with Gasteiger partial charge in [-0.25, -0.2) is 4.98 Å². The Kier molecular flexibility index (Phi) is 8.12. The van der Waals surface area contributed by atoms with Gasteiger partial charge in [0.25, 0.3) is 0 Å². The zero-order chi connectivity index (χ0) is 36.6. The lowest BCUT2D eigenvalue weighted by atomic mass is 9.96. The molecule has 0 unspecified atom stereocenters. The van der Waals surface area contributed by atoms with E-state index in [1.54, 1.807) is 0 Å². The predicted molar refractivity (Wildman–Crippen MR) is 227 cm³/mol. The molecule has 0 spiro atoms. The highest BCUT2D eigenvalue weighted by molar-refractivity contribution is 6.13. The highest BCUT2D eigenvalue weighted by Crippen LogP contribution is 2.39. The number of aromatic nitrogens is 4. The molecule has 8 aromatic carbocycles. The molecule has 4 heteroatoms. The Hall–Kier alpha value is -7.43. The van der Waals surface area contributed by atoms with E-state index < -0.39 is 0 Å². The third kappa shape index (κ3) is 6.06. The summed E-state index contributed by atoms with van der Waals surface area (Å²) in [6, 6.07) is 72.3. The van der Waals surface area contributed by atoms with Crippen molar-refractivity contribution in [3.05, 3.63) is 206 Å². The molecule has 0 aliphatic rings. The van der Waals surface area contributed by atoms with E-state index in [0.717, 1.165) is 55.2 Å². The van der Waals surface area contributed by atoms with E-state index >= 15 is 0 Å². The Morgan fingerprint density at radius 3 is 1.33 bits per heavy atom. The third-order valence-corrected chi connectivity index (χ3v) is 10.3. The average molecular weight is 703 g/mol. The Balaban J connectivity index is 1.14. The molecule has 0 bridgehead atoms. The molecule has 2 heterocycles. The van der Waals surface area contributed by atoms with Crippen molar-refractivity contribution in [2.75, 3.05) is 0 Å². The maximum atomic E-state index is 5.25. The second-order valence-electron chi connectivity index (χ2n) is 13.7. The van der Waals surface area contributed by atoms with Gasteiger partial charge >= 0.3 is 0 Å². The van der Waals surface area contributed by atoms with Gasteiger partial charge in [0.05, 0.1) is 11.0 Å². The van der Waals surface area contributed by atoms with Crippen LogP contribution in [0.5, 0.6) is 0 Å². The molecule has 10 aromatic rings. The molecule has 4 nitrogen and oxygen atoms in total. The van der Waals surface area contributed by atoms with Crippen LogP contribution >= 0.6 is 0 Å². The molecule has 0 amide bonds. The first-order chi connectivity index (χ1) is 27.3. The van der Waals surface area contributed by atoms with E-state index in [2.05, 4.69) is 187 Å². The normalized spacial score (nSPS) is 11.3. The monoisotopic (exact) mass is 702 g/mol. The highest BCUT2D eigenvalue weighted by atomic mass is 15.2. The molecule has 258 valence electrons. The van der Waals surface area contributed by atoms with Crippen molar-refractivity contribution in [1.29, 1.82) is 0 Å². The lowest BCUT2D eigenvalue weighted by molar-refractivity contribution is 0.954.